The Morgan fingerprint density at radius 3 is 2.52 bits per heavy atom. The molecule has 0 unspecified atom stereocenters. The highest BCUT2D eigenvalue weighted by atomic mass is 79.9. The summed E-state index contributed by atoms with van der Waals surface area (Å²) >= 11 is 9.64. The molecule has 126 valence electrons. The van der Waals surface area contributed by atoms with E-state index < -0.39 is 4.92 Å². The van der Waals surface area contributed by atoms with Gasteiger partial charge in [0.05, 0.1) is 20.0 Å². The second-order valence-corrected chi connectivity index (χ2v) is 7.53. The lowest BCUT2D eigenvalue weighted by Gasteiger charge is -2.13. The van der Waals surface area contributed by atoms with Crippen molar-refractivity contribution < 1.29 is 14.8 Å². The van der Waals surface area contributed by atoms with Crippen molar-refractivity contribution in [1.29, 1.82) is 0 Å². The highest BCUT2D eigenvalue weighted by Gasteiger charge is 2.33. The highest BCUT2D eigenvalue weighted by molar-refractivity contribution is 9.10. The zero-order valence-electron chi connectivity index (χ0n) is 12.4. The number of amides is 1. The van der Waals surface area contributed by atoms with E-state index in [0.29, 0.717) is 19.4 Å². The summed E-state index contributed by atoms with van der Waals surface area (Å²) in [6.45, 7) is 0. The van der Waals surface area contributed by atoms with Crippen LogP contribution in [0.4, 0.5) is 11.4 Å². The van der Waals surface area contributed by atoms with Crippen LogP contribution in [0.2, 0.25) is 0 Å². The summed E-state index contributed by atoms with van der Waals surface area (Å²) in [6.07, 6.45) is 1.68. The monoisotopic (exact) mass is 436 g/mol. The third kappa shape index (κ3) is 3.58. The van der Waals surface area contributed by atoms with Crippen molar-refractivity contribution in [1.82, 2.24) is 0 Å². The van der Waals surface area contributed by atoms with Crippen LogP contribution in [-0.4, -0.2) is 20.3 Å². The summed E-state index contributed by atoms with van der Waals surface area (Å²) in [4.78, 5) is 24.6. The Labute approximate surface area is 160 Å². The number of nitro benzene ring substituents is 1. The average Bonchev–Trinajstić information content (AvgIpc) is 2.85. The molecule has 6 nitrogen and oxygen atoms in total. The first-order chi connectivity index (χ1) is 11.9. The Morgan fingerprint density at radius 1 is 1.24 bits per heavy atom. The van der Waals surface area contributed by atoms with Crippen LogP contribution in [0.25, 0.3) is 6.08 Å². The second kappa shape index (κ2) is 6.95. The largest absolute Gasteiger partial charge is 0.507 e. The SMILES string of the molecule is O=C1/C(=C/c2ccc(O)c(Br)c2)SC(=S)N1c1ccc([N+](=O)[O-])cc1. The van der Waals surface area contributed by atoms with E-state index in [1.165, 1.54) is 35.2 Å². The molecule has 1 aliphatic rings. The molecule has 0 bridgehead atoms. The van der Waals surface area contributed by atoms with Gasteiger partial charge in [-0.25, -0.2) is 0 Å². The molecule has 1 fully saturated rings. The Kier molecular flexibility index (Phi) is 4.89. The molecule has 2 aromatic rings. The minimum Gasteiger partial charge on any atom is -0.507 e. The number of carbonyl (C=O) groups is 1. The molecule has 1 heterocycles. The third-order valence-electron chi connectivity index (χ3n) is 3.38. The van der Waals surface area contributed by atoms with Crippen LogP contribution >= 0.6 is 39.9 Å². The number of halogens is 1. The predicted molar refractivity (Wildman–Crippen MR) is 105 cm³/mol. The van der Waals surface area contributed by atoms with Gasteiger partial charge in [-0.3, -0.25) is 19.8 Å². The van der Waals surface area contributed by atoms with E-state index in [9.17, 15) is 20.0 Å². The molecular formula is C16H9BrN2O4S2. The fourth-order valence-electron chi connectivity index (χ4n) is 2.18. The number of non-ortho nitro benzene ring substituents is 1. The van der Waals surface area contributed by atoms with Crippen LogP contribution in [0.15, 0.2) is 51.8 Å². The second-order valence-electron chi connectivity index (χ2n) is 5.00. The number of phenols is 1. The number of hydrogen-bond donors (Lipinski definition) is 1. The van der Waals surface area contributed by atoms with Crippen molar-refractivity contribution in [3.8, 4) is 5.75 Å². The number of anilines is 1. The molecule has 0 radical (unpaired) electrons. The first kappa shape index (κ1) is 17.6. The van der Waals surface area contributed by atoms with Gasteiger partial charge in [-0.15, -0.1) is 0 Å². The van der Waals surface area contributed by atoms with Gasteiger partial charge in [-0.2, -0.15) is 0 Å². The minimum absolute atomic E-state index is 0.0568. The van der Waals surface area contributed by atoms with Gasteiger partial charge in [0.2, 0.25) is 0 Å². The van der Waals surface area contributed by atoms with Gasteiger partial charge in [0.1, 0.15) is 5.75 Å². The zero-order chi connectivity index (χ0) is 18.1. The molecule has 0 aromatic heterocycles. The van der Waals surface area contributed by atoms with Crippen LogP contribution in [0, 0.1) is 10.1 Å². The number of carbonyl (C=O) groups excluding carboxylic acids is 1. The summed E-state index contributed by atoms with van der Waals surface area (Å²) < 4.78 is 0.870. The van der Waals surface area contributed by atoms with Crippen LogP contribution in [-0.2, 0) is 4.79 Å². The molecule has 9 heteroatoms. The van der Waals surface area contributed by atoms with Gasteiger partial charge in [0.15, 0.2) is 4.32 Å². The number of thioether (sulfide) groups is 1. The van der Waals surface area contributed by atoms with Gasteiger partial charge in [-0.05, 0) is 51.8 Å². The lowest BCUT2D eigenvalue weighted by molar-refractivity contribution is -0.384. The van der Waals surface area contributed by atoms with Gasteiger partial charge in [0.25, 0.3) is 11.6 Å². The zero-order valence-corrected chi connectivity index (χ0v) is 15.6. The lowest BCUT2D eigenvalue weighted by atomic mass is 10.2. The summed E-state index contributed by atoms with van der Waals surface area (Å²) in [6, 6.07) is 10.5. The summed E-state index contributed by atoms with van der Waals surface area (Å²) in [5, 5.41) is 20.3. The number of phenolic OH excluding ortho intramolecular Hbond substituents is 1. The van der Waals surface area contributed by atoms with E-state index in [0.717, 1.165) is 17.3 Å². The molecular weight excluding hydrogens is 428 g/mol. The molecule has 0 saturated carbocycles. The van der Waals surface area contributed by atoms with Crippen LogP contribution in [0.3, 0.4) is 0 Å². The number of hydrogen-bond acceptors (Lipinski definition) is 6. The van der Waals surface area contributed by atoms with E-state index in [4.69, 9.17) is 12.2 Å². The number of benzene rings is 2. The molecule has 1 aliphatic heterocycles. The molecule has 25 heavy (non-hydrogen) atoms. The van der Waals surface area contributed by atoms with Crippen molar-refractivity contribution in [3.05, 3.63) is 67.5 Å². The molecule has 0 atom stereocenters. The van der Waals surface area contributed by atoms with E-state index in [-0.39, 0.29) is 17.3 Å². The number of nitrogens with zero attached hydrogens (tertiary/aromatic N) is 2. The number of aromatic hydroxyl groups is 1. The van der Waals surface area contributed by atoms with E-state index in [1.54, 1.807) is 18.2 Å². The minimum atomic E-state index is -0.503. The van der Waals surface area contributed by atoms with Crippen molar-refractivity contribution in [3.63, 3.8) is 0 Å². The Morgan fingerprint density at radius 2 is 1.92 bits per heavy atom. The van der Waals surface area contributed by atoms with Crippen molar-refractivity contribution in [2.45, 2.75) is 0 Å². The van der Waals surface area contributed by atoms with Crippen LogP contribution in [0.1, 0.15) is 5.56 Å². The molecule has 3 rings (SSSR count). The molecule has 1 saturated heterocycles. The van der Waals surface area contributed by atoms with Gasteiger partial charge in [0, 0.05) is 12.1 Å². The molecule has 1 N–H and O–H groups in total. The fraction of sp³-hybridized carbons (Fsp3) is 0. The average molecular weight is 437 g/mol. The predicted octanol–water partition coefficient (Wildman–Crippen LogP) is 4.47. The van der Waals surface area contributed by atoms with Crippen molar-refractivity contribution in [2.24, 2.45) is 0 Å². The molecule has 2 aromatic carbocycles. The Hall–Kier alpha value is -2.23. The van der Waals surface area contributed by atoms with Crippen molar-refractivity contribution >= 4 is 67.6 Å². The van der Waals surface area contributed by atoms with E-state index in [1.807, 2.05) is 0 Å². The standard InChI is InChI=1S/C16H9BrN2O4S2/c17-12-7-9(1-6-13(12)20)8-14-15(21)18(16(24)25-14)10-2-4-11(5-3-10)19(22)23/h1-8,20H/b14-8-. The first-order valence-electron chi connectivity index (χ1n) is 6.88. The van der Waals surface area contributed by atoms with Crippen LogP contribution in [0.5, 0.6) is 5.75 Å². The number of rotatable bonds is 3. The summed E-state index contributed by atoms with van der Waals surface area (Å²) in [5.74, 6) is -0.191. The van der Waals surface area contributed by atoms with Gasteiger partial charge < -0.3 is 5.11 Å². The van der Waals surface area contributed by atoms with Gasteiger partial charge in [-0.1, -0.05) is 30.0 Å². The first-order valence-corrected chi connectivity index (χ1v) is 8.89. The van der Waals surface area contributed by atoms with Crippen molar-refractivity contribution in [2.75, 3.05) is 4.90 Å². The summed E-state index contributed by atoms with van der Waals surface area (Å²) in [5.41, 5.74) is 1.15. The fourth-order valence-corrected chi connectivity index (χ4v) is 3.87. The summed E-state index contributed by atoms with van der Waals surface area (Å²) in [7, 11) is 0. The maximum Gasteiger partial charge on any atom is 0.270 e. The maximum absolute atomic E-state index is 12.6. The molecule has 0 aliphatic carbocycles. The van der Waals surface area contributed by atoms with E-state index >= 15 is 0 Å². The van der Waals surface area contributed by atoms with Gasteiger partial charge >= 0.3 is 0 Å². The normalized spacial score (nSPS) is 15.9. The number of thiocarbonyl (C=S) groups is 1. The highest BCUT2D eigenvalue weighted by Crippen LogP contribution is 2.37. The topological polar surface area (TPSA) is 83.7 Å². The number of nitro groups is 1. The quantitative estimate of drug-likeness (QED) is 0.330. The lowest BCUT2D eigenvalue weighted by Crippen LogP contribution is -2.27. The molecule has 1 amide bonds. The maximum atomic E-state index is 12.6. The smallest absolute Gasteiger partial charge is 0.270 e. The van der Waals surface area contributed by atoms with Crippen LogP contribution < -0.4 is 4.90 Å². The Bertz CT molecular complexity index is 928. The van der Waals surface area contributed by atoms with E-state index in [2.05, 4.69) is 15.9 Å². The Balaban J connectivity index is 1.90. The molecule has 0 spiro atoms. The third-order valence-corrected chi connectivity index (χ3v) is 5.32.